The van der Waals surface area contributed by atoms with Crippen LogP contribution >= 0.6 is 0 Å². The average Bonchev–Trinajstić information content (AvgIpc) is 2.70. The van der Waals surface area contributed by atoms with E-state index in [0.717, 1.165) is 0 Å². The van der Waals surface area contributed by atoms with E-state index in [1.165, 1.54) is 4.90 Å². The van der Waals surface area contributed by atoms with E-state index in [4.69, 9.17) is 5.73 Å². The second-order valence-corrected chi connectivity index (χ2v) is 4.07. The first-order chi connectivity index (χ1) is 7.94. The number of nitrogens with zero attached hydrogens (tertiary/aromatic N) is 1. The van der Waals surface area contributed by atoms with Gasteiger partial charge in [0.15, 0.2) is 0 Å². The molecule has 1 saturated heterocycles. The largest absolute Gasteiger partial charge is 0.479 e. The number of hydrogen-bond donors (Lipinski definition) is 3. The first-order valence-electron chi connectivity index (χ1n) is 5.51. The molecule has 0 bridgehead atoms. The Hall–Kier alpha value is -1.79. The van der Waals surface area contributed by atoms with Crippen molar-refractivity contribution >= 4 is 17.9 Å². The summed E-state index contributed by atoms with van der Waals surface area (Å²) in [4.78, 5) is 34.9. The Labute approximate surface area is 98.9 Å². The molecule has 1 atom stereocenters. The molecule has 0 spiro atoms. The maximum atomic E-state index is 11.8. The maximum absolute atomic E-state index is 11.8. The number of carboxylic acids is 1. The summed E-state index contributed by atoms with van der Waals surface area (Å²) in [5.74, 6) is -1.67. The number of urea groups is 1. The van der Waals surface area contributed by atoms with Crippen molar-refractivity contribution in [1.82, 2.24) is 10.2 Å². The Morgan fingerprint density at radius 1 is 1.47 bits per heavy atom. The zero-order valence-electron chi connectivity index (χ0n) is 9.73. The van der Waals surface area contributed by atoms with Crippen molar-refractivity contribution in [2.45, 2.75) is 31.7 Å². The Balaban J connectivity index is 2.77. The monoisotopic (exact) mass is 243 g/mol. The van der Waals surface area contributed by atoms with Crippen LogP contribution in [0.4, 0.5) is 4.79 Å². The molecule has 96 valence electrons. The molecule has 1 fully saturated rings. The van der Waals surface area contributed by atoms with Crippen LogP contribution in [-0.4, -0.2) is 46.5 Å². The Morgan fingerprint density at radius 2 is 2.12 bits per heavy atom. The second-order valence-electron chi connectivity index (χ2n) is 4.07. The van der Waals surface area contributed by atoms with E-state index in [0.29, 0.717) is 25.8 Å². The van der Waals surface area contributed by atoms with Gasteiger partial charge < -0.3 is 21.1 Å². The minimum absolute atomic E-state index is 0.283. The number of hydrogen-bond acceptors (Lipinski definition) is 3. The van der Waals surface area contributed by atoms with Crippen molar-refractivity contribution in [2.24, 2.45) is 5.73 Å². The quantitative estimate of drug-likeness (QED) is 0.618. The minimum Gasteiger partial charge on any atom is -0.479 e. The molecule has 3 amide bonds. The van der Waals surface area contributed by atoms with Gasteiger partial charge in [-0.25, -0.2) is 9.59 Å². The van der Waals surface area contributed by atoms with E-state index in [2.05, 4.69) is 5.32 Å². The van der Waals surface area contributed by atoms with E-state index < -0.39 is 23.4 Å². The average molecular weight is 243 g/mol. The predicted molar refractivity (Wildman–Crippen MR) is 59.2 cm³/mol. The fourth-order valence-corrected chi connectivity index (χ4v) is 2.17. The molecule has 7 nitrogen and oxygen atoms in total. The summed E-state index contributed by atoms with van der Waals surface area (Å²) in [6.07, 6.45) is 1.42. The van der Waals surface area contributed by atoms with Crippen LogP contribution in [0.3, 0.4) is 0 Å². The molecular formula is C10H17N3O4. The predicted octanol–water partition coefficient (Wildman–Crippen LogP) is -0.489. The van der Waals surface area contributed by atoms with Crippen molar-refractivity contribution in [3.63, 3.8) is 0 Å². The van der Waals surface area contributed by atoms with Crippen LogP contribution in [0.2, 0.25) is 0 Å². The van der Waals surface area contributed by atoms with Gasteiger partial charge in [-0.15, -0.1) is 0 Å². The highest BCUT2D eigenvalue weighted by molar-refractivity contribution is 5.89. The van der Waals surface area contributed by atoms with Gasteiger partial charge in [-0.3, -0.25) is 4.79 Å². The topological polar surface area (TPSA) is 113 Å². The second kappa shape index (κ2) is 5.03. The molecule has 7 heteroatoms. The molecule has 0 aromatic heterocycles. The summed E-state index contributed by atoms with van der Waals surface area (Å²) in [6, 6.07) is -0.550. The summed E-state index contributed by atoms with van der Waals surface area (Å²) in [5, 5.41) is 11.6. The van der Waals surface area contributed by atoms with Crippen LogP contribution < -0.4 is 11.1 Å². The van der Waals surface area contributed by atoms with Crippen LogP contribution in [0.15, 0.2) is 0 Å². The van der Waals surface area contributed by atoms with Crippen LogP contribution in [0.5, 0.6) is 0 Å². The van der Waals surface area contributed by atoms with Crippen molar-refractivity contribution in [1.29, 1.82) is 0 Å². The van der Waals surface area contributed by atoms with Crippen LogP contribution in [0.1, 0.15) is 26.2 Å². The number of aliphatic carboxylic acids is 1. The molecule has 0 aromatic carbocycles. The minimum atomic E-state index is -1.15. The summed E-state index contributed by atoms with van der Waals surface area (Å²) in [7, 11) is 0. The lowest BCUT2D eigenvalue weighted by Crippen LogP contribution is -2.56. The van der Waals surface area contributed by atoms with E-state index in [9.17, 15) is 19.5 Å². The van der Waals surface area contributed by atoms with Gasteiger partial charge in [0.1, 0.15) is 5.54 Å². The fraction of sp³-hybridized carbons (Fsp3) is 0.700. The van der Waals surface area contributed by atoms with Gasteiger partial charge in [-0.1, -0.05) is 6.92 Å². The first kappa shape index (κ1) is 13.3. The maximum Gasteiger partial charge on any atom is 0.329 e. The number of carbonyl (C=O) groups is 3. The van der Waals surface area contributed by atoms with Crippen LogP contribution in [0.25, 0.3) is 0 Å². The van der Waals surface area contributed by atoms with Gasteiger partial charge >= 0.3 is 12.0 Å². The molecule has 0 aliphatic carbocycles. The molecule has 0 saturated carbocycles. The number of amides is 3. The van der Waals surface area contributed by atoms with Gasteiger partial charge in [-0.05, 0) is 19.3 Å². The Kier molecular flexibility index (Phi) is 3.93. The number of carbonyl (C=O) groups excluding carboxylic acids is 2. The van der Waals surface area contributed by atoms with Crippen molar-refractivity contribution in [3.8, 4) is 0 Å². The zero-order chi connectivity index (χ0) is 13.1. The standard InChI is InChI=1S/C10H17N3O4/c1-2-10(8(15)16)4-3-5-13(10)9(17)12-6-7(11)14/h2-6H2,1H3,(H2,11,14)(H,12,17)(H,15,16). The van der Waals surface area contributed by atoms with Crippen molar-refractivity contribution in [3.05, 3.63) is 0 Å². The van der Waals surface area contributed by atoms with E-state index >= 15 is 0 Å². The van der Waals surface area contributed by atoms with Crippen molar-refractivity contribution < 1.29 is 19.5 Å². The summed E-state index contributed by atoms with van der Waals surface area (Å²) in [6.45, 7) is 1.83. The first-order valence-corrected chi connectivity index (χ1v) is 5.51. The molecule has 1 aliphatic heterocycles. The lowest BCUT2D eigenvalue weighted by atomic mass is 9.93. The smallest absolute Gasteiger partial charge is 0.329 e. The summed E-state index contributed by atoms with van der Waals surface area (Å²) in [5.41, 5.74) is 3.76. The van der Waals surface area contributed by atoms with Gasteiger partial charge in [0.2, 0.25) is 5.91 Å². The van der Waals surface area contributed by atoms with Gasteiger partial charge in [-0.2, -0.15) is 0 Å². The third-order valence-corrected chi connectivity index (χ3v) is 3.13. The molecule has 1 rings (SSSR count). The number of primary amides is 1. The molecule has 1 heterocycles. The fourth-order valence-electron chi connectivity index (χ4n) is 2.17. The van der Waals surface area contributed by atoms with Gasteiger partial charge in [0.05, 0.1) is 6.54 Å². The van der Waals surface area contributed by atoms with E-state index in [-0.39, 0.29) is 6.54 Å². The molecule has 4 N–H and O–H groups in total. The molecular weight excluding hydrogens is 226 g/mol. The highest BCUT2D eigenvalue weighted by Crippen LogP contribution is 2.32. The third kappa shape index (κ3) is 2.48. The summed E-state index contributed by atoms with van der Waals surface area (Å²) >= 11 is 0. The number of rotatable bonds is 4. The molecule has 0 aromatic rings. The summed E-state index contributed by atoms with van der Waals surface area (Å²) < 4.78 is 0. The third-order valence-electron chi connectivity index (χ3n) is 3.13. The molecule has 1 aliphatic rings. The van der Waals surface area contributed by atoms with Gasteiger partial charge in [0.25, 0.3) is 0 Å². The van der Waals surface area contributed by atoms with Crippen LogP contribution in [-0.2, 0) is 9.59 Å². The Morgan fingerprint density at radius 3 is 2.59 bits per heavy atom. The lowest BCUT2D eigenvalue weighted by Gasteiger charge is -2.33. The highest BCUT2D eigenvalue weighted by atomic mass is 16.4. The molecule has 17 heavy (non-hydrogen) atoms. The Bertz CT molecular complexity index is 344. The molecule has 0 radical (unpaired) electrons. The number of nitrogens with one attached hydrogen (secondary N) is 1. The highest BCUT2D eigenvalue weighted by Gasteiger charge is 2.48. The number of nitrogens with two attached hydrogens (primary N) is 1. The lowest BCUT2D eigenvalue weighted by molar-refractivity contribution is -0.148. The zero-order valence-corrected chi connectivity index (χ0v) is 9.73. The number of likely N-dealkylation sites (tertiary alicyclic amines) is 1. The van der Waals surface area contributed by atoms with Crippen molar-refractivity contribution in [2.75, 3.05) is 13.1 Å². The SMILES string of the molecule is CCC1(C(=O)O)CCCN1C(=O)NCC(N)=O. The number of carboxylic acid groups (broad SMARTS) is 1. The van der Waals surface area contributed by atoms with E-state index in [1.807, 2.05) is 0 Å². The normalized spacial score (nSPS) is 23.5. The molecule has 1 unspecified atom stereocenters. The van der Waals surface area contributed by atoms with E-state index in [1.54, 1.807) is 6.92 Å². The van der Waals surface area contributed by atoms with Crippen LogP contribution in [0, 0.1) is 0 Å². The van der Waals surface area contributed by atoms with Gasteiger partial charge in [0, 0.05) is 6.54 Å².